The Labute approximate surface area is 200 Å². The maximum absolute atomic E-state index is 15.1. The van der Waals surface area contributed by atoms with Crippen LogP contribution in [0.2, 0.25) is 5.02 Å². The molecule has 2 heterocycles. The third kappa shape index (κ3) is 4.62. The Bertz CT molecular complexity index is 1320. The van der Waals surface area contributed by atoms with E-state index in [-0.39, 0.29) is 10.9 Å². The summed E-state index contributed by atoms with van der Waals surface area (Å²) in [6.45, 7) is 4.99. The highest BCUT2D eigenvalue weighted by atomic mass is 35.5. The maximum Gasteiger partial charge on any atom is 0.341 e. The molecule has 0 spiro atoms. The van der Waals surface area contributed by atoms with Gasteiger partial charge in [-0.15, -0.1) is 0 Å². The molecular formula is C24H24ClFN4O4. The molecule has 0 radical (unpaired) electrons. The summed E-state index contributed by atoms with van der Waals surface area (Å²) in [6, 6.07) is 9.80. The lowest BCUT2D eigenvalue weighted by Gasteiger charge is -2.36. The Morgan fingerprint density at radius 1 is 1.15 bits per heavy atom. The number of carboxylic acids is 1. The van der Waals surface area contributed by atoms with Gasteiger partial charge in [0.05, 0.1) is 11.2 Å². The van der Waals surface area contributed by atoms with Crippen molar-refractivity contribution in [3.63, 3.8) is 0 Å². The van der Waals surface area contributed by atoms with Gasteiger partial charge in [-0.1, -0.05) is 28.9 Å². The summed E-state index contributed by atoms with van der Waals surface area (Å²) in [6.07, 6.45) is 1.30. The lowest BCUT2D eigenvalue weighted by Crippen LogP contribution is -2.48. The number of carboxylic acid groups (broad SMARTS) is 1. The molecule has 0 atom stereocenters. The summed E-state index contributed by atoms with van der Waals surface area (Å²) in [5.74, 6) is -1.90. The van der Waals surface area contributed by atoms with Crippen molar-refractivity contribution in [1.29, 1.82) is 0 Å². The van der Waals surface area contributed by atoms with E-state index < -0.39 is 17.2 Å². The van der Waals surface area contributed by atoms with Gasteiger partial charge in [0.25, 0.3) is 0 Å². The normalized spacial score (nSPS) is 15.1. The third-order valence-corrected chi connectivity index (χ3v) is 6.36. The van der Waals surface area contributed by atoms with Crippen molar-refractivity contribution in [2.45, 2.75) is 13.5 Å². The average molecular weight is 487 g/mol. The van der Waals surface area contributed by atoms with Crippen LogP contribution in [0.25, 0.3) is 10.9 Å². The van der Waals surface area contributed by atoms with Crippen molar-refractivity contribution in [3.8, 4) is 0 Å². The number of piperazine rings is 1. The molecule has 4 rings (SSSR count). The van der Waals surface area contributed by atoms with E-state index in [9.17, 15) is 19.9 Å². The van der Waals surface area contributed by atoms with Crippen LogP contribution < -0.4 is 10.3 Å². The molecule has 2 aromatic carbocycles. The van der Waals surface area contributed by atoms with E-state index in [4.69, 9.17) is 11.6 Å². The second-order valence-corrected chi connectivity index (χ2v) is 8.54. The predicted molar refractivity (Wildman–Crippen MR) is 129 cm³/mol. The highest BCUT2D eigenvalue weighted by Crippen LogP contribution is 2.26. The number of aryl methyl sites for hydroxylation is 1. The number of halogens is 2. The number of rotatable bonds is 6. The van der Waals surface area contributed by atoms with Gasteiger partial charge < -0.3 is 19.8 Å². The second kappa shape index (κ2) is 9.82. The van der Waals surface area contributed by atoms with Gasteiger partial charge in [-0.3, -0.25) is 9.69 Å². The minimum atomic E-state index is -1.33. The average Bonchev–Trinajstić information content (AvgIpc) is 2.83. The van der Waals surface area contributed by atoms with Crippen molar-refractivity contribution >= 4 is 39.9 Å². The highest BCUT2D eigenvalue weighted by Gasteiger charge is 2.23. The Kier molecular flexibility index (Phi) is 6.85. The molecule has 0 aliphatic carbocycles. The molecule has 1 fully saturated rings. The first-order chi connectivity index (χ1) is 16.3. The number of fused-ring (bicyclic) bond motifs is 1. The summed E-state index contributed by atoms with van der Waals surface area (Å²) in [5, 5.41) is 22.9. The topological polar surface area (TPSA) is 98.4 Å². The fourth-order valence-corrected chi connectivity index (χ4v) is 4.36. The molecule has 0 unspecified atom stereocenters. The Balaban J connectivity index is 1.54. The third-order valence-electron chi connectivity index (χ3n) is 6.10. The smallest absolute Gasteiger partial charge is 0.341 e. The van der Waals surface area contributed by atoms with Crippen LogP contribution in [0.1, 0.15) is 22.8 Å². The van der Waals surface area contributed by atoms with Crippen LogP contribution >= 0.6 is 11.6 Å². The second-order valence-electron chi connectivity index (χ2n) is 8.10. The van der Waals surface area contributed by atoms with Gasteiger partial charge in [-0.2, -0.15) is 0 Å². The van der Waals surface area contributed by atoms with Gasteiger partial charge in [-0.25, -0.2) is 9.18 Å². The molecule has 1 aromatic heterocycles. The minimum absolute atomic E-state index is 0.0494. The zero-order valence-electron chi connectivity index (χ0n) is 18.5. The Morgan fingerprint density at radius 3 is 2.41 bits per heavy atom. The highest BCUT2D eigenvalue weighted by molar-refractivity contribution is 6.30. The first kappa shape index (κ1) is 23.7. The van der Waals surface area contributed by atoms with Gasteiger partial charge in [0, 0.05) is 61.4 Å². The fraction of sp³-hybridized carbons (Fsp3) is 0.292. The first-order valence-corrected chi connectivity index (χ1v) is 11.2. The summed E-state index contributed by atoms with van der Waals surface area (Å²) < 4.78 is 16.7. The summed E-state index contributed by atoms with van der Waals surface area (Å²) in [5.41, 5.74) is 1.08. The number of pyridine rings is 1. The van der Waals surface area contributed by atoms with Crippen molar-refractivity contribution in [2.75, 3.05) is 37.6 Å². The molecule has 0 bridgehead atoms. The minimum Gasteiger partial charge on any atom is -0.477 e. The number of nitrogens with zero attached hydrogens (tertiary/aromatic N) is 4. The lowest BCUT2D eigenvalue weighted by molar-refractivity contribution is 0.0695. The predicted octanol–water partition coefficient (Wildman–Crippen LogP) is 3.51. The molecular weight excluding hydrogens is 463 g/mol. The molecule has 1 aliphatic rings. The number of hydrogen-bond acceptors (Lipinski definition) is 6. The lowest BCUT2D eigenvalue weighted by atomic mass is 10.1. The van der Waals surface area contributed by atoms with Crippen molar-refractivity contribution in [1.82, 2.24) is 9.47 Å². The fourth-order valence-electron chi connectivity index (χ4n) is 4.24. The van der Waals surface area contributed by atoms with E-state index in [1.165, 1.54) is 6.20 Å². The van der Waals surface area contributed by atoms with Crippen LogP contribution in [0.3, 0.4) is 0 Å². The number of hydrogen-bond donors (Lipinski definition) is 2. The summed E-state index contributed by atoms with van der Waals surface area (Å²) in [7, 11) is 0. The van der Waals surface area contributed by atoms with Crippen molar-refractivity contribution in [3.05, 3.63) is 74.8 Å². The van der Waals surface area contributed by atoms with Crippen LogP contribution in [0.5, 0.6) is 0 Å². The molecule has 1 saturated heterocycles. The molecule has 3 aromatic rings. The summed E-state index contributed by atoms with van der Waals surface area (Å²) >= 11 is 5.93. The monoisotopic (exact) mass is 486 g/mol. The van der Waals surface area contributed by atoms with E-state index in [1.807, 2.05) is 11.8 Å². The molecule has 10 heteroatoms. The van der Waals surface area contributed by atoms with Crippen LogP contribution in [0.4, 0.5) is 10.1 Å². The largest absolute Gasteiger partial charge is 0.477 e. The van der Waals surface area contributed by atoms with E-state index in [0.29, 0.717) is 61.2 Å². The Hall–Kier alpha value is -3.43. The number of carbonyl (C=O) groups is 1. The maximum atomic E-state index is 15.1. The molecule has 1 aliphatic heterocycles. The quantitative estimate of drug-likeness (QED) is 0.314. The zero-order valence-corrected chi connectivity index (χ0v) is 19.3. The zero-order chi connectivity index (χ0) is 24.4. The van der Waals surface area contributed by atoms with Gasteiger partial charge in [0.2, 0.25) is 5.43 Å². The first-order valence-electron chi connectivity index (χ1n) is 10.9. The van der Waals surface area contributed by atoms with Crippen LogP contribution in [0.15, 0.2) is 52.5 Å². The number of aromatic carboxylic acids is 1. The number of benzene rings is 2. The van der Waals surface area contributed by atoms with E-state index in [2.05, 4.69) is 10.1 Å². The van der Waals surface area contributed by atoms with Crippen molar-refractivity contribution in [2.24, 2.45) is 5.16 Å². The van der Waals surface area contributed by atoms with E-state index in [0.717, 1.165) is 11.6 Å². The molecule has 178 valence electrons. The SMILES string of the molecule is CCn1cc(C(=O)O)c(=O)c2cc(F)c(N3CCN(C/C(=N/O)c4ccc(Cl)cc4)CC3)cc21. The molecule has 2 N–H and O–H groups in total. The number of aromatic nitrogens is 1. The van der Waals surface area contributed by atoms with Gasteiger partial charge >= 0.3 is 5.97 Å². The summed E-state index contributed by atoms with van der Waals surface area (Å²) in [4.78, 5) is 28.0. The molecule has 0 saturated carbocycles. The van der Waals surface area contributed by atoms with Gasteiger partial charge in [-0.05, 0) is 31.2 Å². The molecule has 34 heavy (non-hydrogen) atoms. The van der Waals surface area contributed by atoms with Gasteiger partial charge in [0.15, 0.2) is 0 Å². The van der Waals surface area contributed by atoms with E-state index in [1.54, 1.807) is 34.9 Å². The standard InChI is InChI=1S/C24H24ClFN4O4/c1-2-29-13-18(24(32)33)23(31)17-11-19(26)22(12-21(17)29)30-9-7-28(8-10-30)14-20(27-34)15-3-5-16(25)6-4-15/h3-6,11-13,34H,2,7-10,14H2,1H3,(H,32,33)/b27-20-. The molecule has 0 amide bonds. The van der Waals surface area contributed by atoms with Crippen molar-refractivity contribution < 1.29 is 19.5 Å². The molecule has 8 nitrogen and oxygen atoms in total. The van der Waals surface area contributed by atoms with Crippen LogP contribution in [-0.2, 0) is 6.54 Å². The van der Waals surface area contributed by atoms with Crippen LogP contribution in [0, 0.1) is 5.82 Å². The van der Waals surface area contributed by atoms with Gasteiger partial charge in [0.1, 0.15) is 17.1 Å². The van der Waals surface area contributed by atoms with Crippen LogP contribution in [-0.4, -0.2) is 64.2 Å². The number of anilines is 1. The van der Waals surface area contributed by atoms with E-state index >= 15 is 4.39 Å². The Morgan fingerprint density at radius 2 is 1.82 bits per heavy atom. The number of oxime groups is 1.